The first-order valence-corrected chi connectivity index (χ1v) is 7.01. The SMILES string of the molecule is CCCCCC(=O)O.CCCCCCCCO. The first-order valence-electron chi connectivity index (χ1n) is 7.01. The molecule has 0 aliphatic rings. The van der Waals surface area contributed by atoms with E-state index in [0.29, 0.717) is 13.0 Å². The molecule has 0 atom stereocenters. The van der Waals surface area contributed by atoms with Crippen LogP contribution in [0.3, 0.4) is 0 Å². The monoisotopic (exact) mass is 246 g/mol. The van der Waals surface area contributed by atoms with Crippen LogP contribution in [-0.4, -0.2) is 22.8 Å². The van der Waals surface area contributed by atoms with Gasteiger partial charge in [-0.2, -0.15) is 0 Å². The Labute approximate surface area is 106 Å². The quantitative estimate of drug-likeness (QED) is 0.573. The predicted octanol–water partition coefficient (Wildman–Crippen LogP) is 3.99. The van der Waals surface area contributed by atoms with E-state index in [-0.39, 0.29) is 0 Å². The second kappa shape index (κ2) is 17.8. The minimum atomic E-state index is -0.682. The van der Waals surface area contributed by atoms with Crippen molar-refractivity contribution < 1.29 is 15.0 Å². The summed E-state index contributed by atoms with van der Waals surface area (Å²) in [6, 6.07) is 0. The van der Waals surface area contributed by atoms with Gasteiger partial charge in [-0.15, -0.1) is 0 Å². The van der Waals surface area contributed by atoms with Gasteiger partial charge in [0, 0.05) is 13.0 Å². The maximum absolute atomic E-state index is 9.87. The molecule has 0 rings (SSSR count). The number of carboxylic acids is 1. The lowest BCUT2D eigenvalue weighted by atomic mass is 10.1. The summed E-state index contributed by atoms with van der Waals surface area (Å²) in [6.07, 6.45) is 10.8. The highest BCUT2D eigenvalue weighted by molar-refractivity contribution is 5.66. The molecule has 17 heavy (non-hydrogen) atoms. The molecule has 0 aliphatic heterocycles. The number of aliphatic hydroxyl groups is 1. The lowest BCUT2D eigenvalue weighted by Gasteiger charge is -1.95. The third-order valence-corrected chi connectivity index (χ3v) is 2.51. The molecule has 0 aromatic carbocycles. The molecule has 2 N–H and O–H groups in total. The van der Waals surface area contributed by atoms with Crippen LogP contribution >= 0.6 is 0 Å². The fraction of sp³-hybridized carbons (Fsp3) is 0.929. The van der Waals surface area contributed by atoms with E-state index in [1.165, 1.54) is 32.1 Å². The third-order valence-electron chi connectivity index (χ3n) is 2.51. The van der Waals surface area contributed by atoms with Crippen LogP contribution in [0.15, 0.2) is 0 Å². The van der Waals surface area contributed by atoms with Crippen molar-refractivity contribution in [1.29, 1.82) is 0 Å². The van der Waals surface area contributed by atoms with E-state index >= 15 is 0 Å². The molecule has 0 unspecified atom stereocenters. The normalized spacial score (nSPS) is 9.59. The number of carbonyl (C=O) groups is 1. The molecule has 0 heterocycles. The van der Waals surface area contributed by atoms with Crippen LogP contribution in [0.1, 0.15) is 78.1 Å². The van der Waals surface area contributed by atoms with Crippen molar-refractivity contribution in [3.63, 3.8) is 0 Å². The highest BCUT2D eigenvalue weighted by atomic mass is 16.4. The smallest absolute Gasteiger partial charge is 0.303 e. The van der Waals surface area contributed by atoms with Gasteiger partial charge in [0.05, 0.1) is 0 Å². The van der Waals surface area contributed by atoms with Crippen molar-refractivity contribution in [3.05, 3.63) is 0 Å². The standard InChI is InChI=1S/C8H18O.C6H12O2/c1-2-3-4-5-6-7-8-9;1-2-3-4-5-6(7)8/h9H,2-8H2,1H3;2-5H2,1H3,(H,7,8). The molecule has 0 saturated heterocycles. The van der Waals surface area contributed by atoms with Crippen LogP contribution in [0.25, 0.3) is 0 Å². The van der Waals surface area contributed by atoms with Gasteiger partial charge in [-0.25, -0.2) is 0 Å². The van der Waals surface area contributed by atoms with E-state index < -0.39 is 5.97 Å². The maximum Gasteiger partial charge on any atom is 0.303 e. The van der Waals surface area contributed by atoms with E-state index in [1.54, 1.807) is 0 Å². The highest BCUT2D eigenvalue weighted by Crippen LogP contribution is 2.03. The zero-order valence-corrected chi connectivity index (χ0v) is 11.6. The summed E-state index contributed by atoms with van der Waals surface area (Å²) in [5.74, 6) is -0.682. The summed E-state index contributed by atoms with van der Waals surface area (Å²) in [4.78, 5) is 9.87. The largest absolute Gasteiger partial charge is 0.481 e. The summed E-state index contributed by atoms with van der Waals surface area (Å²) < 4.78 is 0. The topological polar surface area (TPSA) is 57.5 Å². The van der Waals surface area contributed by atoms with Crippen LogP contribution in [0.5, 0.6) is 0 Å². The van der Waals surface area contributed by atoms with E-state index in [2.05, 4.69) is 13.8 Å². The molecule has 0 radical (unpaired) electrons. The predicted molar refractivity (Wildman–Crippen MR) is 72.2 cm³/mol. The Balaban J connectivity index is 0. The number of carboxylic acid groups (broad SMARTS) is 1. The van der Waals surface area contributed by atoms with Crippen molar-refractivity contribution >= 4 is 5.97 Å². The number of aliphatic hydroxyl groups excluding tert-OH is 1. The zero-order chi connectivity index (χ0) is 13.4. The van der Waals surface area contributed by atoms with Crippen LogP contribution < -0.4 is 0 Å². The Hall–Kier alpha value is -0.570. The molecule has 3 nitrogen and oxygen atoms in total. The molecule has 0 saturated carbocycles. The highest BCUT2D eigenvalue weighted by Gasteiger charge is 1.92. The van der Waals surface area contributed by atoms with Crippen molar-refractivity contribution in [2.24, 2.45) is 0 Å². The summed E-state index contributed by atoms with van der Waals surface area (Å²) in [6.45, 7) is 4.64. The minimum Gasteiger partial charge on any atom is -0.481 e. The number of aliphatic carboxylic acids is 1. The van der Waals surface area contributed by atoms with Gasteiger partial charge in [0.1, 0.15) is 0 Å². The van der Waals surface area contributed by atoms with Gasteiger partial charge in [-0.3, -0.25) is 4.79 Å². The van der Waals surface area contributed by atoms with Gasteiger partial charge in [0.25, 0.3) is 0 Å². The number of unbranched alkanes of at least 4 members (excludes halogenated alkanes) is 7. The van der Waals surface area contributed by atoms with Crippen molar-refractivity contribution in [3.8, 4) is 0 Å². The van der Waals surface area contributed by atoms with Crippen LogP contribution in [-0.2, 0) is 4.79 Å². The molecule has 0 aliphatic carbocycles. The number of hydrogen-bond donors (Lipinski definition) is 2. The average molecular weight is 246 g/mol. The molecular weight excluding hydrogens is 216 g/mol. The third kappa shape index (κ3) is 25.6. The minimum absolute atomic E-state index is 0.327. The lowest BCUT2D eigenvalue weighted by Crippen LogP contribution is -1.92. The molecule has 3 heteroatoms. The van der Waals surface area contributed by atoms with E-state index in [0.717, 1.165) is 25.7 Å². The first kappa shape index (κ1) is 18.8. The summed E-state index contributed by atoms with van der Waals surface area (Å²) in [7, 11) is 0. The Kier molecular flexibility index (Phi) is 19.7. The van der Waals surface area contributed by atoms with Crippen molar-refractivity contribution in [2.75, 3.05) is 6.61 Å². The van der Waals surface area contributed by atoms with Crippen molar-refractivity contribution in [1.82, 2.24) is 0 Å². The molecule has 0 amide bonds. The molecular formula is C14H30O3. The van der Waals surface area contributed by atoms with E-state index in [1.807, 2.05) is 0 Å². The van der Waals surface area contributed by atoms with Gasteiger partial charge in [0.15, 0.2) is 0 Å². The van der Waals surface area contributed by atoms with Gasteiger partial charge in [-0.05, 0) is 12.8 Å². The molecule has 0 fully saturated rings. The van der Waals surface area contributed by atoms with Crippen LogP contribution in [0.2, 0.25) is 0 Å². The van der Waals surface area contributed by atoms with Gasteiger partial charge >= 0.3 is 5.97 Å². The van der Waals surface area contributed by atoms with E-state index in [4.69, 9.17) is 10.2 Å². The zero-order valence-electron chi connectivity index (χ0n) is 11.6. The molecule has 0 spiro atoms. The van der Waals surface area contributed by atoms with Gasteiger partial charge < -0.3 is 10.2 Å². The Morgan fingerprint density at radius 2 is 1.29 bits per heavy atom. The van der Waals surface area contributed by atoms with Gasteiger partial charge in [-0.1, -0.05) is 58.8 Å². The number of hydrogen-bond acceptors (Lipinski definition) is 2. The first-order chi connectivity index (χ1) is 8.18. The number of rotatable bonds is 10. The molecule has 0 aromatic heterocycles. The Morgan fingerprint density at radius 3 is 1.76 bits per heavy atom. The fourth-order valence-corrected chi connectivity index (χ4v) is 1.42. The van der Waals surface area contributed by atoms with E-state index in [9.17, 15) is 4.79 Å². The van der Waals surface area contributed by atoms with Crippen LogP contribution in [0.4, 0.5) is 0 Å². The summed E-state index contributed by atoms with van der Waals surface area (Å²) >= 11 is 0. The van der Waals surface area contributed by atoms with Gasteiger partial charge in [0.2, 0.25) is 0 Å². The second-order valence-electron chi connectivity index (χ2n) is 4.34. The average Bonchev–Trinajstić information content (AvgIpc) is 2.30. The fourth-order valence-electron chi connectivity index (χ4n) is 1.42. The summed E-state index contributed by atoms with van der Waals surface area (Å²) in [5, 5.41) is 16.6. The molecule has 0 aromatic rings. The Bertz CT molecular complexity index is 140. The molecule has 104 valence electrons. The van der Waals surface area contributed by atoms with Crippen LogP contribution in [0, 0.1) is 0 Å². The maximum atomic E-state index is 9.87. The lowest BCUT2D eigenvalue weighted by molar-refractivity contribution is -0.137. The summed E-state index contributed by atoms with van der Waals surface area (Å²) in [5.41, 5.74) is 0. The second-order valence-corrected chi connectivity index (χ2v) is 4.34. The molecule has 0 bridgehead atoms. The Morgan fingerprint density at radius 1 is 0.824 bits per heavy atom. The van der Waals surface area contributed by atoms with Crippen molar-refractivity contribution in [2.45, 2.75) is 78.1 Å².